The van der Waals surface area contributed by atoms with Crippen molar-refractivity contribution in [1.29, 1.82) is 0 Å². The molecule has 3 N–H and O–H groups in total. The highest BCUT2D eigenvalue weighted by Gasteiger charge is 2.26. The first-order valence-corrected chi connectivity index (χ1v) is 13.1. The minimum Gasteiger partial charge on any atom is -0.483 e. The molecule has 10 heteroatoms. The molecule has 2 amide bonds. The number of rotatable bonds is 14. The third-order valence-corrected chi connectivity index (χ3v) is 6.30. The van der Waals surface area contributed by atoms with Crippen molar-refractivity contribution in [2.45, 2.75) is 65.0 Å². The van der Waals surface area contributed by atoms with Gasteiger partial charge in [-0.1, -0.05) is 26.7 Å². The first-order chi connectivity index (χ1) is 16.7. The predicted molar refractivity (Wildman–Crippen MR) is 136 cm³/mol. The van der Waals surface area contributed by atoms with Crippen molar-refractivity contribution in [1.82, 2.24) is 10.6 Å². The summed E-state index contributed by atoms with van der Waals surface area (Å²) in [4.78, 5) is 48.7. The fourth-order valence-corrected chi connectivity index (χ4v) is 4.15. The van der Waals surface area contributed by atoms with E-state index in [0.717, 1.165) is 17.4 Å². The van der Waals surface area contributed by atoms with Gasteiger partial charge in [-0.05, 0) is 55.9 Å². The number of carbonyl (C=O) groups excluding carboxylic acids is 2. The maximum absolute atomic E-state index is 12.8. The lowest BCUT2D eigenvalue weighted by Gasteiger charge is -2.21. The number of thioether (sulfide) groups is 1. The molecule has 2 aromatic rings. The number of ether oxygens (including phenoxy) is 1. The maximum atomic E-state index is 12.8. The highest BCUT2D eigenvalue weighted by molar-refractivity contribution is 7.98. The number of carboxylic acid groups (broad SMARTS) is 1. The number of benzene rings is 1. The molecule has 0 radical (unpaired) electrons. The Kier molecular flexibility index (Phi) is 11.1. The summed E-state index contributed by atoms with van der Waals surface area (Å²) in [6.07, 6.45) is 4.69. The van der Waals surface area contributed by atoms with E-state index in [-0.39, 0.29) is 13.0 Å². The molecule has 0 bridgehead atoms. The number of hydrogen-bond donors (Lipinski definition) is 3. The lowest BCUT2D eigenvalue weighted by molar-refractivity contribution is -0.142. The second kappa shape index (κ2) is 13.8. The maximum Gasteiger partial charge on any atom is 0.336 e. The van der Waals surface area contributed by atoms with Crippen molar-refractivity contribution in [3.63, 3.8) is 0 Å². The SMILES string of the molecule is CCCC[C@@H](NC(=O)COc1ccc2c(CC)cc(=O)oc2c1C)C(=O)N[C@@H](CCSC)C(=O)O. The van der Waals surface area contributed by atoms with E-state index in [9.17, 15) is 24.3 Å². The van der Waals surface area contributed by atoms with Crippen LogP contribution in [0.25, 0.3) is 11.0 Å². The minimum absolute atomic E-state index is 0.289. The van der Waals surface area contributed by atoms with Gasteiger partial charge in [0.25, 0.3) is 5.91 Å². The number of aryl methyl sites for hydroxylation is 2. The molecule has 2 atom stereocenters. The van der Waals surface area contributed by atoms with Gasteiger partial charge < -0.3 is 24.9 Å². The van der Waals surface area contributed by atoms with Crippen LogP contribution in [-0.4, -0.2) is 53.6 Å². The predicted octanol–water partition coefficient (Wildman–Crippen LogP) is 3.04. The summed E-state index contributed by atoms with van der Waals surface area (Å²) < 4.78 is 11.0. The quantitative estimate of drug-likeness (QED) is 0.333. The van der Waals surface area contributed by atoms with Crippen LogP contribution in [0.2, 0.25) is 0 Å². The van der Waals surface area contributed by atoms with E-state index in [2.05, 4.69) is 10.6 Å². The monoisotopic (exact) mass is 506 g/mol. The van der Waals surface area contributed by atoms with Gasteiger partial charge in [-0.25, -0.2) is 9.59 Å². The van der Waals surface area contributed by atoms with Crippen LogP contribution in [0, 0.1) is 6.92 Å². The molecule has 0 aliphatic carbocycles. The van der Waals surface area contributed by atoms with E-state index in [1.54, 1.807) is 19.1 Å². The zero-order valence-corrected chi connectivity index (χ0v) is 21.5. The van der Waals surface area contributed by atoms with Gasteiger partial charge in [0, 0.05) is 17.0 Å². The summed E-state index contributed by atoms with van der Waals surface area (Å²) in [5.74, 6) is -1.18. The van der Waals surface area contributed by atoms with Crippen LogP contribution in [0.3, 0.4) is 0 Å². The fourth-order valence-electron chi connectivity index (χ4n) is 3.68. The summed E-state index contributed by atoms with van der Waals surface area (Å²) >= 11 is 1.49. The first kappa shape index (κ1) is 28.2. The number of fused-ring (bicyclic) bond motifs is 1. The van der Waals surface area contributed by atoms with Crippen molar-refractivity contribution in [2.75, 3.05) is 18.6 Å². The average molecular weight is 507 g/mol. The van der Waals surface area contributed by atoms with E-state index in [0.29, 0.717) is 41.9 Å². The molecule has 1 heterocycles. The largest absolute Gasteiger partial charge is 0.483 e. The van der Waals surface area contributed by atoms with Crippen LogP contribution in [0.5, 0.6) is 5.75 Å². The van der Waals surface area contributed by atoms with E-state index < -0.39 is 35.5 Å². The number of aliphatic carboxylic acids is 1. The van der Waals surface area contributed by atoms with Crippen LogP contribution < -0.4 is 21.0 Å². The van der Waals surface area contributed by atoms with Gasteiger partial charge >= 0.3 is 11.6 Å². The van der Waals surface area contributed by atoms with E-state index in [1.807, 2.05) is 20.1 Å². The van der Waals surface area contributed by atoms with Gasteiger partial charge in [0.2, 0.25) is 5.91 Å². The van der Waals surface area contributed by atoms with Crippen LogP contribution in [0.15, 0.2) is 27.4 Å². The molecule has 2 rings (SSSR count). The van der Waals surface area contributed by atoms with Crippen molar-refractivity contribution in [3.05, 3.63) is 39.7 Å². The van der Waals surface area contributed by atoms with Gasteiger partial charge in [0.05, 0.1) is 0 Å². The Balaban J connectivity index is 2.09. The normalized spacial score (nSPS) is 12.7. The molecule has 0 fully saturated rings. The average Bonchev–Trinajstić information content (AvgIpc) is 2.83. The summed E-state index contributed by atoms with van der Waals surface area (Å²) in [5.41, 5.74) is 1.43. The molecule has 0 saturated heterocycles. The summed E-state index contributed by atoms with van der Waals surface area (Å²) in [6.45, 7) is 5.30. The molecule has 192 valence electrons. The van der Waals surface area contributed by atoms with Crippen molar-refractivity contribution in [2.24, 2.45) is 0 Å². The number of carboxylic acids is 1. The number of amides is 2. The Morgan fingerprint density at radius 2 is 1.89 bits per heavy atom. The molecular formula is C25H34N2O7S. The number of nitrogens with one attached hydrogen (secondary N) is 2. The van der Waals surface area contributed by atoms with Gasteiger partial charge in [-0.3, -0.25) is 9.59 Å². The Morgan fingerprint density at radius 3 is 2.51 bits per heavy atom. The first-order valence-electron chi connectivity index (χ1n) is 11.7. The van der Waals surface area contributed by atoms with Crippen molar-refractivity contribution < 1.29 is 28.6 Å². The second-order valence-electron chi connectivity index (χ2n) is 8.24. The zero-order valence-electron chi connectivity index (χ0n) is 20.6. The Morgan fingerprint density at radius 1 is 1.14 bits per heavy atom. The molecule has 0 aliphatic rings. The molecular weight excluding hydrogens is 472 g/mol. The Hall–Kier alpha value is -3.01. The molecule has 0 spiro atoms. The number of carbonyl (C=O) groups is 3. The minimum atomic E-state index is -1.11. The summed E-state index contributed by atoms with van der Waals surface area (Å²) in [5, 5.41) is 15.4. The van der Waals surface area contributed by atoms with Gasteiger partial charge in [-0.2, -0.15) is 11.8 Å². The van der Waals surface area contributed by atoms with Gasteiger partial charge in [-0.15, -0.1) is 0 Å². The molecule has 0 aliphatic heterocycles. The zero-order chi connectivity index (χ0) is 26.0. The van der Waals surface area contributed by atoms with E-state index >= 15 is 0 Å². The van der Waals surface area contributed by atoms with E-state index in [4.69, 9.17) is 9.15 Å². The lowest BCUT2D eigenvalue weighted by Crippen LogP contribution is -2.52. The van der Waals surface area contributed by atoms with Crippen molar-refractivity contribution >= 4 is 40.5 Å². The highest BCUT2D eigenvalue weighted by Crippen LogP contribution is 2.28. The van der Waals surface area contributed by atoms with Crippen LogP contribution >= 0.6 is 11.8 Å². The molecule has 0 unspecified atom stereocenters. The molecule has 0 saturated carbocycles. The molecule has 9 nitrogen and oxygen atoms in total. The topological polar surface area (TPSA) is 135 Å². The number of unbranched alkanes of at least 4 members (excludes halogenated alkanes) is 1. The fraction of sp³-hybridized carbons (Fsp3) is 0.520. The van der Waals surface area contributed by atoms with Gasteiger partial charge in [0.15, 0.2) is 6.61 Å². The van der Waals surface area contributed by atoms with Gasteiger partial charge in [0.1, 0.15) is 23.4 Å². The highest BCUT2D eigenvalue weighted by atomic mass is 32.2. The third-order valence-electron chi connectivity index (χ3n) is 5.66. The van der Waals surface area contributed by atoms with E-state index in [1.165, 1.54) is 17.8 Å². The van der Waals surface area contributed by atoms with Crippen molar-refractivity contribution in [3.8, 4) is 5.75 Å². The second-order valence-corrected chi connectivity index (χ2v) is 9.23. The van der Waals surface area contributed by atoms with Crippen LogP contribution in [0.1, 0.15) is 50.7 Å². The molecule has 1 aromatic heterocycles. The molecule has 1 aromatic carbocycles. The lowest BCUT2D eigenvalue weighted by atomic mass is 10.0. The summed E-state index contributed by atoms with van der Waals surface area (Å²) in [7, 11) is 0. The Bertz CT molecular complexity index is 1100. The number of hydrogen-bond acceptors (Lipinski definition) is 7. The van der Waals surface area contributed by atoms with Crippen LogP contribution in [0.4, 0.5) is 0 Å². The smallest absolute Gasteiger partial charge is 0.336 e. The molecule has 35 heavy (non-hydrogen) atoms. The summed E-state index contributed by atoms with van der Waals surface area (Å²) in [6, 6.07) is 3.08. The standard InChI is InChI=1S/C25H34N2O7S/c1-5-7-8-18(24(30)27-19(25(31)32)11-12-35-4)26-21(28)14-33-20-10-9-17-16(6-2)13-22(29)34-23(17)15(20)3/h9-10,13,18-19H,5-8,11-12,14H2,1-4H3,(H,26,28)(H,27,30)(H,31,32)/t18-,19+/m1/s1. The third kappa shape index (κ3) is 8.02. The van der Waals surface area contributed by atoms with Crippen LogP contribution in [-0.2, 0) is 20.8 Å². The Labute approximate surface area is 209 Å².